The number of carbonyl (C=O) groups is 2. The van der Waals surface area contributed by atoms with Crippen LogP contribution in [0.5, 0.6) is 0 Å². The Morgan fingerprint density at radius 2 is 1.90 bits per heavy atom. The number of thioether (sulfide) groups is 1. The number of rotatable bonds is 5. The number of nitrogens with one attached hydrogen (secondary N) is 2. The first kappa shape index (κ1) is 19.5. The Morgan fingerprint density at radius 3 is 2.66 bits per heavy atom. The van der Waals surface area contributed by atoms with E-state index < -0.39 is 0 Å². The average molecular weight is 445 g/mol. The summed E-state index contributed by atoms with van der Waals surface area (Å²) in [6, 6.07) is 9.64. The Labute approximate surface area is 177 Å². The number of fused-ring (bicyclic) bond motifs is 1. The van der Waals surface area contributed by atoms with Gasteiger partial charge in [0.05, 0.1) is 16.0 Å². The summed E-state index contributed by atoms with van der Waals surface area (Å²) in [5, 5.41) is 5.20. The minimum Gasteiger partial charge on any atom is -0.272 e. The molecule has 3 heterocycles. The van der Waals surface area contributed by atoms with Crippen LogP contribution in [-0.2, 0) is 4.79 Å². The minimum atomic E-state index is -0.362. The van der Waals surface area contributed by atoms with Crippen LogP contribution in [-0.4, -0.2) is 27.5 Å². The molecule has 0 saturated heterocycles. The third-order valence-corrected chi connectivity index (χ3v) is 6.64. The van der Waals surface area contributed by atoms with Gasteiger partial charge in [-0.3, -0.25) is 20.4 Å². The lowest BCUT2D eigenvalue weighted by Gasteiger charge is -2.07. The zero-order valence-corrected chi connectivity index (χ0v) is 17.2. The highest BCUT2D eigenvalue weighted by molar-refractivity contribution is 8.00. The Morgan fingerprint density at radius 1 is 1.07 bits per heavy atom. The van der Waals surface area contributed by atoms with E-state index >= 15 is 0 Å². The molecular weight excluding hydrogens is 431 g/mol. The zero-order chi connectivity index (χ0) is 20.2. The highest BCUT2D eigenvalue weighted by atomic mass is 32.2. The summed E-state index contributed by atoms with van der Waals surface area (Å²) >= 11 is 3.99. The van der Waals surface area contributed by atoms with E-state index in [0.29, 0.717) is 9.90 Å². The van der Waals surface area contributed by atoms with Gasteiger partial charge in [0.15, 0.2) is 0 Å². The highest BCUT2D eigenvalue weighted by Crippen LogP contribution is 2.37. The first-order valence-electron chi connectivity index (χ1n) is 8.35. The quantitative estimate of drug-likeness (QED) is 0.275. The Hall–Kier alpha value is -2.82. The van der Waals surface area contributed by atoms with Crippen LogP contribution in [0.25, 0.3) is 21.3 Å². The van der Waals surface area contributed by atoms with Crippen LogP contribution in [0.3, 0.4) is 0 Å². The Balaban J connectivity index is 1.46. The highest BCUT2D eigenvalue weighted by Gasteiger charge is 2.15. The van der Waals surface area contributed by atoms with E-state index in [0.717, 1.165) is 21.3 Å². The number of hydrogen-bond donors (Lipinski definition) is 2. The first-order valence-corrected chi connectivity index (χ1v) is 11.1. The molecule has 0 atom stereocenters. The monoisotopic (exact) mass is 444 g/mol. The van der Waals surface area contributed by atoms with Crippen molar-refractivity contribution < 1.29 is 14.0 Å². The van der Waals surface area contributed by atoms with E-state index in [2.05, 4.69) is 20.8 Å². The van der Waals surface area contributed by atoms with Crippen molar-refractivity contribution in [2.75, 3.05) is 5.75 Å². The van der Waals surface area contributed by atoms with Gasteiger partial charge in [0.2, 0.25) is 5.91 Å². The predicted molar refractivity (Wildman–Crippen MR) is 113 cm³/mol. The van der Waals surface area contributed by atoms with Crippen LogP contribution < -0.4 is 10.9 Å². The molecule has 0 fully saturated rings. The molecule has 0 spiro atoms. The number of benzene rings is 1. The molecule has 10 heteroatoms. The second kappa shape index (κ2) is 8.68. The summed E-state index contributed by atoms with van der Waals surface area (Å²) in [5.74, 6) is -0.958. The molecule has 0 radical (unpaired) electrons. The fourth-order valence-corrected chi connectivity index (χ4v) is 4.98. The second-order valence-corrected chi connectivity index (χ2v) is 8.55. The SMILES string of the molecule is O=C(CSc1ncnc2scc(-c3ccc(F)cc3)c12)NNC(=O)c1cccs1. The van der Waals surface area contributed by atoms with Gasteiger partial charge in [0, 0.05) is 10.9 Å². The van der Waals surface area contributed by atoms with Gasteiger partial charge in [-0.2, -0.15) is 0 Å². The van der Waals surface area contributed by atoms with E-state index in [1.165, 1.54) is 52.9 Å². The molecule has 4 aromatic rings. The number of carbonyl (C=O) groups excluding carboxylic acids is 2. The summed E-state index contributed by atoms with van der Waals surface area (Å²) in [6.07, 6.45) is 1.45. The van der Waals surface area contributed by atoms with Crippen LogP contribution in [0.15, 0.2) is 58.5 Å². The lowest BCUT2D eigenvalue weighted by Crippen LogP contribution is -2.42. The van der Waals surface area contributed by atoms with Gasteiger partial charge in [-0.1, -0.05) is 30.0 Å². The van der Waals surface area contributed by atoms with E-state index in [1.54, 1.807) is 29.6 Å². The summed E-state index contributed by atoms with van der Waals surface area (Å²) < 4.78 is 13.3. The Kier molecular flexibility index (Phi) is 5.84. The maximum absolute atomic E-state index is 13.3. The van der Waals surface area contributed by atoms with Crippen LogP contribution in [0.4, 0.5) is 4.39 Å². The van der Waals surface area contributed by atoms with Gasteiger partial charge in [-0.15, -0.1) is 22.7 Å². The van der Waals surface area contributed by atoms with Crippen molar-refractivity contribution in [1.29, 1.82) is 0 Å². The lowest BCUT2D eigenvalue weighted by molar-refractivity contribution is -0.119. The van der Waals surface area contributed by atoms with E-state index in [9.17, 15) is 14.0 Å². The van der Waals surface area contributed by atoms with E-state index in [-0.39, 0.29) is 23.4 Å². The molecule has 0 aliphatic heterocycles. The van der Waals surface area contributed by atoms with Crippen LogP contribution in [0, 0.1) is 5.82 Å². The number of halogens is 1. The number of hydrogen-bond acceptors (Lipinski definition) is 7. The number of nitrogens with zero attached hydrogens (tertiary/aromatic N) is 2. The summed E-state index contributed by atoms with van der Waals surface area (Å²) in [5.41, 5.74) is 6.53. The molecule has 1 aromatic carbocycles. The smallest absolute Gasteiger partial charge is 0.272 e. The lowest BCUT2D eigenvalue weighted by atomic mass is 10.1. The number of aromatic nitrogens is 2. The van der Waals surface area contributed by atoms with Crippen LogP contribution >= 0.6 is 34.4 Å². The third-order valence-electron chi connectivity index (χ3n) is 3.89. The van der Waals surface area contributed by atoms with E-state index in [4.69, 9.17) is 0 Å². The number of hydrazine groups is 1. The molecule has 2 amide bonds. The molecule has 0 aliphatic rings. The van der Waals surface area contributed by atoms with Gasteiger partial charge >= 0.3 is 0 Å². The van der Waals surface area contributed by atoms with Gasteiger partial charge < -0.3 is 0 Å². The zero-order valence-electron chi connectivity index (χ0n) is 14.7. The molecule has 146 valence electrons. The largest absolute Gasteiger partial charge is 0.279 e. The minimum absolute atomic E-state index is 0.0650. The van der Waals surface area contributed by atoms with E-state index in [1.807, 2.05) is 5.38 Å². The molecule has 2 N–H and O–H groups in total. The topological polar surface area (TPSA) is 84.0 Å². The van der Waals surface area contributed by atoms with Crippen LogP contribution in [0.1, 0.15) is 9.67 Å². The molecule has 3 aromatic heterocycles. The molecule has 0 aliphatic carbocycles. The van der Waals surface area contributed by atoms with Crippen molar-refractivity contribution in [3.8, 4) is 11.1 Å². The predicted octanol–water partition coefficient (Wildman–Crippen LogP) is 4.11. The second-order valence-electron chi connectivity index (χ2n) is 5.78. The average Bonchev–Trinajstić information content (AvgIpc) is 3.41. The maximum Gasteiger partial charge on any atom is 0.279 e. The fourth-order valence-electron chi connectivity index (χ4n) is 2.56. The molecule has 6 nitrogen and oxygen atoms in total. The molecule has 0 bridgehead atoms. The van der Waals surface area contributed by atoms with Crippen molar-refractivity contribution in [2.24, 2.45) is 0 Å². The van der Waals surface area contributed by atoms with Crippen LogP contribution in [0.2, 0.25) is 0 Å². The Bertz CT molecular complexity index is 1160. The molecule has 4 rings (SSSR count). The summed E-state index contributed by atoms with van der Waals surface area (Å²) in [6.45, 7) is 0. The summed E-state index contributed by atoms with van der Waals surface area (Å²) in [7, 11) is 0. The molecule has 29 heavy (non-hydrogen) atoms. The van der Waals surface area contributed by atoms with Crippen molar-refractivity contribution in [3.05, 3.63) is 64.2 Å². The van der Waals surface area contributed by atoms with Crippen molar-refractivity contribution in [3.63, 3.8) is 0 Å². The third kappa shape index (κ3) is 4.44. The maximum atomic E-state index is 13.3. The molecule has 0 saturated carbocycles. The van der Waals surface area contributed by atoms with Crippen molar-refractivity contribution in [1.82, 2.24) is 20.8 Å². The van der Waals surface area contributed by atoms with Crippen molar-refractivity contribution >= 4 is 56.5 Å². The molecular formula is C19H13FN4O2S3. The van der Waals surface area contributed by atoms with Gasteiger partial charge in [0.25, 0.3) is 5.91 Å². The van der Waals surface area contributed by atoms with Crippen molar-refractivity contribution in [2.45, 2.75) is 5.03 Å². The number of thiophene rings is 2. The molecule has 0 unspecified atom stereocenters. The van der Waals surface area contributed by atoms with Gasteiger partial charge in [-0.25, -0.2) is 14.4 Å². The van der Waals surface area contributed by atoms with Gasteiger partial charge in [0.1, 0.15) is 22.0 Å². The summed E-state index contributed by atoms with van der Waals surface area (Å²) in [4.78, 5) is 33.9. The normalized spacial score (nSPS) is 10.8. The van der Waals surface area contributed by atoms with Gasteiger partial charge in [-0.05, 0) is 29.1 Å². The standard InChI is InChI=1S/C19H13FN4O2S3/c20-12-5-3-11(4-6-12)13-8-28-18-16(13)19(22-10-21-18)29-9-15(25)23-24-17(26)14-2-1-7-27-14/h1-8,10H,9H2,(H,23,25)(H,24,26). The fraction of sp³-hybridized carbons (Fsp3) is 0.0526. The first-order chi connectivity index (χ1) is 14.1. The number of amides is 2.